The molecule has 1 rings (SSSR count). The van der Waals surface area contributed by atoms with Gasteiger partial charge in [-0.15, -0.1) is 0 Å². The number of carbonyl (C=O) groups excluding carboxylic acids is 1. The standard InChI is InChI=1S/C11H14F2N2O3S/c1-15(2)19(17,18)6-5-11(16)14-10-4-3-8(12)7-9(10)13/h3-4,7H,5-6H2,1-2H3,(H,14,16). The first kappa shape index (κ1) is 15.5. The molecule has 0 saturated heterocycles. The third-order valence-corrected chi connectivity index (χ3v) is 4.18. The lowest BCUT2D eigenvalue weighted by Crippen LogP contribution is -2.27. The van der Waals surface area contributed by atoms with Gasteiger partial charge in [-0.2, -0.15) is 0 Å². The highest BCUT2D eigenvalue weighted by Gasteiger charge is 2.16. The van der Waals surface area contributed by atoms with E-state index in [4.69, 9.17) is 0 Å². The first-order valence-corrected chi connectivity index (χ1v) is 6.98. The summed E-state index contributed by atoms with van der Waals surface area (Å²) in [5.74, 6) is -2.71. The summed E-state index contributed by atoms with van der Waals surface area (Å²) < 4.78 is 49.7. The summed E-state index contributed by atoms with van der Waals surface area (Å²) in [7, 11) is -0.776. The predicted molar refractivity (Wildman–Crippen MR) is 67.1 cm³/mol. The maximum absolute atomic E-state index is 13.2. The van der Waals surface area contributed by atoms with Crippen LogP contribution in [0.15, 0.2) is 18.2 Å². The van der Waals surface area contributed by atoms with Gasteiger partial charge in [0.15, 0.2) is 0 Å². The van der Waals surface area contributed by atoms with Crippen LogP contribution in [0, 0.1) is 11.6 Å². The van der Waals surface area contributed by atoms with Crippen molar-refractivity contribution in [3.8, 4) is 0 Å². The molecule has 1 amide bonds. The van der Waals surface area contributed by atoms with Crippen LogP contribution >= 0.6 is 0 Å². The van der Waals surface area contributed by atoms with Crippen LogP contribution in [0.3, 0.4) is 0 Å². The molecule has 106 valence electrons. The van der Waals surface area contributed by atoms with Gasteiger partial charge in [-0.1, -0.05) is 0 Å². The number of nitrogens with zero attached hydrogens (tertiary/aromatic N) is 1. The van der Waals surface area contributed by atoms with Crippen LogP contribution < -0.4 is 5.32 Å². The summed E-state index contributed by atoms with van der Waals surface area (Å²) in [5, 5.41) is 2.19. The fourth-order valence-corrected chi connectivity index (χ4v) is 2.02. The Hall–Kier alpha value is -1.54. The van der Waals surface area contributed by atoms with Gasteiger partial charge >= 0.3 is 0 Å². The summed E-state index contributed by atoms with van der Waals surface area (Å²) in [6.07, 6.45) is -0.308. The van der Waals surface area contributed by atoms with Gasteiger partial charge in [0.1, 0.15) is 11.6 Å². The maximum atomic E-state index is 13.2. The number of halogens is 2. The minimum absolute atomic E-state index is 0.186. The van der Waals surface area contributed by atoms with Gasteiger partial charge in [0.25, 0.3) is 0 Å². The number of hydrogen-bond acceptors (Lipinski definition) is 3. The number of carbonyl (C=O) groups is 1. The Morgan fingerprint density at radius 1 is 1.32 bits per heavy atom. The Morgan fingerprint density at radius 3 is 2.47 bits per heavy atom. The number of amides is 1. The van der Waals surface area contributed by atoms with Crippen molar-refractivity contribution in [1.82, 2.24) is 4.31 Å². The molecule has 8 heteroatoms. The lowest BCUT2D eigenvalue weighted by molar-refractivity contribution is -0.115. The fraction of sp³-hybridized carbons (Fsp3) is 0.364. The van der Waals surface area contributed by atoms with Gasteiger partial charge < -0.3 is 5.32 Å². The van der Waals surface area contributed by atoms with Crippen molar-refractivity contribution >= 4 is 21.6 Å². The summed E-state index contributed by atoms with van der Waals surface area (Å²) in [5.41, 5.74) is -0.186. The summed E-state index contributed by atoms with van der Waals surface area (Å²) >= 11 is 0. The number of sulfonamides is 1. The minimum Gasteiger partial charge on any atom is -0.324 e. The van der Waals surface area contributed by atoms with Gasteiger partial charge in [0, 0.05) is 26.6 Å². The molecule has 0 aliphatic heterocycles. The van der Waals surface area contributed by atoms with Crippen molar-refractivity contribution in [2.75, 3.05) is 25.2 Å². The molecule has 0 fully saturated rings. The highest BCUT2D eigenvalue weighted by molar-refractivity contribution is 7.89. The lowest BCUT2D eigenvalue weighted by atomic mass is 10.3. The second-order valence-corrected chi connectivity index (χ2v) is 6.32. The molecule has 0 radical (unpaired) electrons. The van der Waals surface area contributed by atoms with Crippen molar-refractivity contribution in [3.05, 3.63) is 29.8 Å². The minimum atomic E-state index is -3.48. The van der Waals surface area contributed by atoms with Gasteiger partial charge in [-0.05, 0) is 12.1 Å². The van der Waals surface area contributed by atoms with E-state index < -0.39 is 27.6 Å². The van der Waals surface area contributed by atoms with E-state index in [0.29, 0.717) is 6.07 Å². The molecule has 0 spiro atoms. The number of anilines is 1. The fourth-order valence-electron chi connectivity index (χ4n) is 1.21. The van der Waals surface area contributed by atoms with E-state index >= 15 is 0 Å². The van der Waals surface area contributed by atoms with Crippen LogP contribution in [0.5, 0.6) is 0 Å². The normalized spacial score (nSPS) is 11.6. The van der Waals surface area contributed by atoms with E-state index in [9.17, 15) is 22.0 Å². The van der Waals surface area contributed by atoms with Crippen LogP contribution in [-0.2, 0) is 14.8 Å². The first-order chi connectivity index (χ1) is 8.72. The van der Waals surface area contributed by atoms with Crippen molar-refractivity contribution in [1.29, 1.82) is 0 Å². The van der Waals surface area contributed by atoms with Crippen molar-refractivity contribution < 1.29 is 22.0 Å². The van der Waals surface area contributed by atoms with Crippen molar-refractivity contribution in [2.45, 2.75) is 6.42 Å². The summed E-state index contributed by atoms with van der Waals surface area (Å²) in [4.78, 5) is 11.5. The molecule has 0 aromatic heterocycles. The molecule has 1 N–H and O–H groups in total. The van der Waals surface area contributed by atoms with Crippen LogP contribution in [0.2, 0.25) is 0 Å². The zero-order valence-electron chi connectivity index (χ0n) is 10.5. The number of rotatable bonds is 5. The van der Waals surface area contributed by atoms with E-state index in [0.717, 1.165) is 16.4 Å². The highest BCUT2D eigenvalue weighted by atomic mass is 32.2. The summed E-state index contributed by atoms with van der Waals surface area (Å²) in [6, 6.07) is 2.70. The van der Waals surface area contributed by atoms with Crippen LogP contribution in [-0.4, -0.2) is 38.5 Å². The maximum Gasteiger partial charge on any atom is 0.225 e. The van der Waals surface area contributed by atoms with Gasteiger partial charge in [-0.25, -0.2) is 21.5 Å². The Kier molecular flexibility index (Phi) is 4.96. The molecule has 0 atom stereocenters. The highest BCUT2D eigenvalue weighted by Crippen LogP contribution is 2.15. The lowest BCUT2D eigenvalue weighted by Gasteiger charge is -2.11. The van der Waals surface area contributed by atoms with E-state index in [-0.39, 0.29) is 17.9 Å². The third kappa shape index (κ3) is 4.56. The Morgan fingerprint density at radius 2 is 1.95 bits per heavy atom. The van der Waals surface area contributed by atoms with Gasteiger partial charge in [0.05, 0.1) is 11.4 Å². The SMILES string of the molecule is CN(C)S(=O)(=O)CCC(=O)Nc1ccc(F)cc1F. The molecule has 1 aromatic carbocycles. The molecule has 5 nitrogen and oxygen atoms in total. The number of hydrogen-bond donors (Lipinski definition) is 1. The molecular weight excluding hydrogens is 278 g/mol. The zero-order chi connectivity index (χ0) is 14.6. The molecule has 19 heavy (non-hydrogen) atoms. The molecule has 0 unspecified atom stereocenters. The number of nitrogens with one attached hydrogen (secondary N) is 1. The Balaban J connectivity index is 2.62. The second-order valence-electron chi connectivity index (χ2n) is 4.02. The van der Waals surface area contributed by atoms with Gasteiger partial charge in [0.2, 0.25) is 15.9 Å². The van der Waals surface area contributed by atoms with E-state index in [1.807, 2.05) is 0 Å². The quantitative estimate of drug-likeness (QED) is 0.886. The molecule has 0 aliphatic carbocycles. The molecule has 1 aromatic rings. The molecular formula is C11H14F2N2O3S. The van der Waals surface area contributed by atoms with Crippen LogP contribution in [0.1, 0.15) is 6.42 Å². The molecule has 0 saturated carbocycles. The Labute approximate surface area is 110 Å². The molecule has 0 heterocycles. The first-order valence-electron chi connectivity index (χ1n) is 5.37. The third-order valence-electron chi connectivity index (χ3n) is 2.35. The second kappa shape index (κ2) is 6.07. The number of benzene rings is 1. The Bertz CT molecular complexity index is 573. The largest absolute Gasteiger partial charge is 0.324 e. The van der Waals surface area contributed by atoms with Crippen molar-refractivity contribution in [2.24, 2.45) is 0 Å². The van der Waals surface area contributed by atoms with Gasteiger partial charge in [-0.3, -0.25) is 4.79 Å². The van der Waals surface area contributed by atoms with E-state index in [1.54, 1.807) is 0 Å². The molecule has 0 bridgehead atoms. The van der Waals surface area contributed by atoms with Crippen LogP contribution in [0.25, 0.3) is 0 Å². The van der Waals surface area contributed by atoms with E-state index in [2.05, 4.69) is 5.32 Å². The average Bonchev–Trinajstić information content (AvgIpc) is 2.30. The topological polar surface area (TPSA) is 66.5 Å². The van der Waals surface area contributed by atoms with E-state index in [1.165, 1.54) is 14.1 Å². The van der Waals surface area contributed by atoms with Crippen LogP contribution in [0.4, 0.5) is 14.5 Å². The summed E-state index contributed by atoms with van der Waals surface area (Å²) in [6.45, 7) is 0. The molecule has 0 aliphatic rings. The average molecular weight is 292 g/mol. The predicted octanol–water partition coefficient (Wildman–Crippen LogP) is 1.18. The zero-order valence-corrected chi connectivity index (χ0v) is 11.3. The van der Waals surface area contributed by atoms with Crippen molar-refractivity contribution in [3.63, 3.8) is 0 Å². The monoisotopic (exact) mass is 292 g/mol. The smallest absolute Gasteiger partial charge is 0.225 e.